The summed E-state index contributed by atoms with van der Waals surface area (Å²) in [5, 5.41) is 9.52. The van der Waals surface area contributed by atoms with Crippen molar-refractivity contribution in [3.8, 4) is 11.5 Å². The Morgan fingerprint density at radius 1 is 1.32 bits per heavy atom. The van der Waals surface area contributed by atoms with Gasteiger partial charge in [0.1, 0.15) is 0 Å². The predicted molar refractivity (Wildman–Crippen MR) is 83.2 cm³/mol. The normalized spacial score (nSPS) is 10.3. The lowest BCUT2D eigenvalue weighted by molar-refractivity contribution is 0.351. The minimum atomic E-state index is -1.73. The average Bonchev–Trinajstić information content (AvgIpc) is 2.41. The summed E-state index contributed by atoms with van der Waals surface area (Å²) in [6, 6.07) is 6.31. The smallest absolute Gasteiger partial charge is 0.191 e. The molecular weight excluding hydrogens is 256 g/mol. The average molecular weight is 280 g/mol. The standard InChI is InChI=1S/C13H20O3Si.C2H4/c1-5-8-16-17(3,4)10-11-6-7-12(14)13(9-11)15-2;1-2/h5-7,9,14H,1,8,10H2,2-4H3;1-2H2. The van der Waals surface area contributed by atoms with E-state index in [0.29, 0.717) is 12.4 Å². The van der Waals surface area contributed by atoms with Gasteiger partial charge in [-0.2, -0.15) is 0 Å². The van der Waals surface area contributed by atoms with Crippen LogP contribution in [0, 0.1) is 0 Å². The molecule has 0 bridgehead atoms. The number of phenolic OH excluding ortho intramolecular Hbond substituents is 1. The van der Waals surface area contributed by atoms with Gasteiger partial charge in [0, 0.05) is 0 Å². The molecule has 0 spiro atoms. The zero-order valence-corrected chi connectivity index (χ0v) is 13.1. The van der Waals surface area contributed by atoms with Gasteiger partial charge in [-0.25, -0.2) is 0 Å². The van der Waals surface area contributed by atoms with Crippen LogP contribution in [0.4, 0.5) is 0 Å². The van der Waals surface area contributed by atoms with Gasteiger partial charge < -0.3 is 14.3 Å². The van der Waals surface area contributed by atoms with E-state index in [1.807, 2.05) is 12.1 Å². The summed E-state index contributed by atoms with van der Waals surface area (Å²) in [5.41, 5.74) is 1.13. The van der Waals surface area contributed by atoms with Crippen molar-refractivity contribution in [1.82, 2.24) is 0 Å². The van der Waals surface area contributed by atoms with Gasteiger partial charge in [0.2, 0.25) is 0 Å². The van der Waals surface area contributed by atoms with Crippen molar-refractivity contribution in [2.24, 2.45) is 0 Å². The second kappa shape index (κ2) is 8.56. The largest absolute Gasteiger partial charge is 0.504 e. The zero-order chi connectivity index (χ0) is 14.9. The van der Waals surface area contributed by atoms with E-state index in [2.05, 4.69) is 32.8 Å². The third kappa shape index (κ3) is 6.27. The van der Waals surface area contributed by atoms with Crippen LogP contribution in [0.1, 0.15) is 5.56 Å². The highest BCUT2D eigenvalue weighted by Gasteiger charge is 2.22. The lowest BCUT2D eigenvalue weighted by Gasteiger charge is -2.22. The SMILES string of the molecule is C=C.C=CCO[Si](C)(C)Cc1ccc(O)c(OC)c1. The van der Waals surface area contributed by atoms with Crippen molar-refractivity contribution in [2.75, 3.05) is 13.7 Å². The van der Waals surface area contributed by atoms with Crippen LogP contribution in [0.15, 0.2) is 44.0 Å². The highest BCUT2D eigenvalue weighted by Crippen LogP contribution is 2.27. The lowest BCUT2D eigenvalue weighted by Crippen LogP contribution is -2.33. The van der Waals surface area contributed by atoms with Gasteiger partial charge >= 0.3 is 0 Å². The molecule has 0 unspecified atom stereocenters. The van der Waals surface area contributed by atoms with Gasteiger partial charge in [0.25, 0.3) is 0 Å². The van der Waals surface area contributed by atoms with Crippen molar-refractivity contribution < 1.29 is 14.3 Å². The molecule has 0 atom stereocenters. The Labute approximate surface area is 117 Å². The Morgan fingerprint density at radius 2 is 1.95 bits per heavy atom. The molecule has 0 aliphatic carbocycles. The van der Waals surface area contributed by atoms with Crippen molar-refractivity contribution in [3.05, 3.63) is 49.6 Å². The van der Waals surface area contributed by atoms with Crippen molar-refractivity contribution in [1.29, 1.82) is 0 Å². The quantitative estimate of drug-likeness (QED) is 0.638. The Morgan fingerprint density at radius 3 is 2.47 bits per heavy atom. The molecular formula is C15H24O3Si. The van der Waals surface area contributed by atoms with E-state index < -0.39 is 8.32 Å². The summed E-state index contributed by atoms with van der Waals surface area (Å²) < 4.78 is 10.9. The molecule has 0 saturated heterocycles. The molecule has 0 amide bonds. The topological polar surface area (TPSA) is 38.7 Å². The lowest BCUT2D eigenvalue weighted by atomic mass is 10.2. The number of hydrogen-bond donors (Lipinski definition) is 1. The predicted octanol–water partition coefficient (Wildman–Crippen LogP) is 3.69. The van der Waals surface area contributed by atoms with Crippen LogP contribution in [0.3, 0.4) is 0 Å². The van der Waals surface area contributed by atoms with E-state index >= 15 is 0 Å². The molecule has 4 heteroatoms. The van der Waals surface area contributed by atoms with Crippen molar-refractivity contribution in [3.63, 3.8) is 0 Å². The summed E-state index contributed by atoms with van der Waals surface area (Å²) in [4.78, 5) is 0. The van der Waals surface area contributed by atoms with Crippen LogP contribution in [0.2, 0.25) is 13.1 Å². The molecule has 106 valence electrons. The maximum absolute atomic E-state index is 9.52. The van der Waals surface area contributed by atoms with Gasteiger partial charge in [0.15, 0.2) is 19.8 Å². The third-order valence-electron chi connectivity index (χ3n) is 2.47. The summed E-state index contributed by atoms with van der Waals surface area (Å²) in [5.74, 6) is 0.679. The van der Waals surface area contributed by atoms with Crippen LogP contribution in [0.5, 0.6) is 11.5 Å². The first-order valence-electron chi connectivity index (χ1n) is 6.09. The minimum absolute atomic E-state index is 0.169. The van der Waals surface area contributed by atoms with E-state index in [4.69, 9.17) is 9.16 Å². The summed E-state index contributed by atoms with van der Waals surface area (Å²) in [6.07, 6.45) is 1.77. The Hall–Kier alpha value is -1.52. The van der Waals surface area contributed by atoms with E-state index in [9.17, 15) is 5.11 Å². The first kappa shape index (κ1) is 17.5. The summed E-state index contributed by atoms with van der Waals surface area (Å²) in [6.45, 7) is 14.6. The molecule has 0 fully saturated rings. The van der Waals surface area contributed by atoms with Crippen LogP contribution < -0.4 is 4.74 Å². The zero-order valence-electron chi connectivity index (χ0n) is 12.1. The van der Waals surface area contributed by atoms with Crippen LogP contribution in [0.25, 0.3) is 0 Å². The first-order chi connectivity index (χ1) is 8.98. The Balaban J connectivity index is 0.00000154. The molecule has 1 aromatic rings. The van der Waals surface area contributed by atoms with Crippen LogP contribution >= 0.6 is 0 Å². The summed E-state index contributed by atoms with van der Waals surface area (Å²) >= 11 is 0. The van der Waals surface area contributed by atoms with Gasteiger partial charge in [-0.3, -0.25) is 0 Å². The highest BCUT2D eigenvalue weighted by molar-refractivity contribution is 6.70. The second-order valence-corrected chi connectivity index (χ2v) is 8.70. The molecule has 1 aromatic carbocycles. The second-order valence-electron chi connectivity index (χ2n) is 4.54. The van der Waals surface area contributed by atoms with Gasteiger partial charge in [-0.1, -0.05) is 12.1 Å². The van der Waals surface area contributed by atoms with Crippen LogP contribution in [-0.4, -0.2) is 27.1 Å². The van der Waals surface area contributed by atoms with Gasteiger partial charge in [0.05, 0.1) is 13.7 Å². The molecule has 0 heterocycles. The first-order valence-corrected chi connectivity index (χ1v) is 9.21. The number of aromatic hydroxyl groups is 1. The molecule has 3 nitrogen and oxygen atoms in total. The van der Waals surface area contributed by atoms with Crippen molar-refractivity contribution in [2.45, 2.75) is 19.1 Å². The Bertz CT molecular complexity index is 402. The van der Waals surface area contributed by atoms with Gasteiger partial charge in [-0.15, -0.1) is 19.7 Å². The highest BCUT2D eigenvalue weighted by atomic mass is 28.4. The van der Waals surface area contributed by atoms with E-state index in [1.54, 1.807) is 19.3 Å². The molecule has 19 heavy (non-hydrogen) atoms. The maximum atomic E-state index is 9.52. The van der Waals surface area contributed by atoms with E-state index in [-0.39, 0.29) is 5.75 Å². The number of phenols is 1. The van der Waals surface area contributed by atoms with E-state index in [0.717, 1.165) is 11.6 Å². The third-order valence-corrected chi connectivity index (χ3v) is 4.67. The molecule has 0 saturated carbocycles. The number of benzene rings is 1. The molecule has 1 N–H and O–H groups in total. The van der Waals surface area contributed by atoms with Crippen molar-refractivity contribution >= 4 is 8.32 Å². The number of ether oxygens (including phenoxy) is 1. The minimum Gasteiger partial charge on any atom is -0.504 e. The number of rotatable bonds is 6. The fourth-order valence-corrected chi connectivity index (χ4v) is 3.53. The number of hydrogen-bond acceptors (Lipinski definition) is 3. The molecule has 1 rings (SSSR count). The monoisotopic (exact) mass is 280 g/mol. The van der Waals surface area contributed by atoms with Gasteiger partial charge in [-0.05, 0) is 36.8 Å². The number of methoxy groups -OCH3 is 1. The fourth-order valence-electron chi connectivity index (χ4n) is 1.66. The molecule has 0 aliphatic heterocycles. The van der Waals surface area contributed by atoms with E-state index in [1.165, 1.54) is 0 Å². The molecule has 0 radical (unpaired) electrons. The Kier molecular flexibility index (Phi) is 7.87. The molecule has 0 aliphatic rings. The maximum Gasteiger partial charge on any atom is 0.191 e. The fraction of sp³-hybridized carbons (Fsp3) is 0.333. The summed E-state index contributed by atoms with van der Waals surface area (Å²) in [7, 11) is -0.175. The van der Waals surface area contributed by atoms with Crippen LogP contribution in [-0.2, 0) is 10.5 Å². The molecule has 0 aromatic heterocycles.